The van der Waals surface area contributed by atoms with Crippen molar-refractivity contribution in [3.05, 3.63) is 11.6 Å². The number of nitrogens with zero attached hydrogens (tertiary/aromatic N) is 1. The van der Waals surface area contributed by atoms with Gasteiger partial charge in [0.25, 0.3) is 11.8 Å². The molecule has 0 aromatic rings. The van der Waals surface area contributed by atoms with E-state index in [0.717, 1.165) is 12.8 Å². The number of unbranched alkanes of at least 4 members (excludes halogenated alkanes) is 1. The van der Waals surface area contributed by atoms with Crippen molar-refractivity contribution in [3.8, 4) is 0 Å². The third kappa shape index (κ3) is 3.45. The molecule has 0 spiro atoms. The Morgan fingerprint density at radius 2 is 2.00 bits per heavy atom. The van der Waals surface area contributed by atoms with E-state index in [9.17, 15) is 9.59 Å². The lowest BCUT2D eigenvalue weighted by molar-refractivity contribution is -0.137. The SMILES string of the molecule is CC1=CC(=O)N(CCCCOC(C)C)C1=O. The quantitative estimate of drug-likeness (QED) is 0.508. The van der Waals surface area contributed by atoms with E-state index in [0.29, 0.717) is 18.7 Å². The molecule has 0 unspecified atom stereocenters. The highest BCUT2D eigenvalue weighted by Gasteiger charge is 2.27. The van der Waals surface area contributed by atoms with Crippen molar-refractivity contribution in [1.82, 2.24) is 4.90 Å². The maximum atomic E-state index is 11.5. The summed E-state index contributed by atoms with van der Waals surface area (Å²) in [6.07, 6.45) is 3.30. The highest BCUT2D eigenvalue weighted by Crippen LogP contribution is 2.12. The smallest absolute Gasteiger partial charge is 0.256 e. The predicted molar refractivity (Wildman–Crippen MR) is 60.8 cm³/mol. The van der Waals surface area contributed by atoms with E-state index in [-0.39, 0.29) is 17.9 Å². The third-order valence-electron chi connectivity index (χ3n) is 2.42. The van der Waals surface area contributed by atoms with Crippen LogP contribution in [-0.4, -0.2) is 36.0 Å². The molecule has 1 rings (SSSR count). The zero-order chi connectivity index (χ0) is 12.1. The van der Waals surface area contributed by atoms with Crippen LogP contribution in [0.3, 0.4) is 0 Å². The maximum Gasteiger partial charge on any atom is 0.256 e. The van der Waals surface area contributed by atoms with Crippen LogP contribution in [0, 0.1) is 0 Å². The van der Waals surface area contributed by atoms with Crippen LogP contribution in [0.4, 0.5) is 0 Å². The molecule has 90 valence electrons. The molecule has 16 heavy (non-hydrogen) atoms. The molecule has 0 aromatic carbocycles. The monoisotopic (exact) mass is 225 g/mol. The van der Waals surface area contributed by atoms with Crippen LogP contribution in [0.5, 0.6) is 0 Å². The van der Waals surface area contributed by atoms with Crippen molar-refractivity contribution in [2.75, 3.05) is 13.2 Å². The van der Waals surface area contributed by atoms with Gasteiger partial charge in [0.1, 0.15) is 0 Å². The fraction of sp³-hybridized carbons (Fsp3) is 0.667. The van der Waals surface area contributed by atoms with Gasteiger partial charge in [-0.2, -0.15) is 0 Å². The standard InChI is InChI=1S/C12H19NO3/c1-9(2)16-7-5-4-6-13-11(14)8-10(3)12(13)15/h8-9H,4-7H2,1-3H3. The largest absolute Gasteiger partial charge is 0.379 e. The minimum atomic E-state index is -0.188. The lowest BCUT2D eigenvalue weighted by atomic mass is 10.3. The van der Waals surface area contributed by atoms with Crippen LogP contribution in [0.1, 0.15) is 33.6 Å². The molecular formula is C12H19NO3. The molecule has 0 atom stereocenters. The molecule has 0 aromatic heterocycles. The van der Waals surface area contributed by atoms with Crippen molar-refractivity contribution in [2.45, 2.75) is 39.7 Å². The first-order chi connectivity index (χ1) is 7.52. The first-order valence-electron chi connectivity index (χ1n) is 5.68. The summed E-state index contributed by atoms with van der Waals surface area (Å²) in [5.74, 6) is -0.345. The number of rotatable bonds is 6. The van der Waals surface area contributed by atoms with Crippen molar-refractivity contribution >= 4 is 11.8 Å². The lowest BCUT2D eigenvalue weighted by Crippen LogP contribution is -2.31. The fourth-order valence-electron chi connectivity index (χ4n) is 1.54. The number of imide groups is 1. The lowest BCUT2D eigenvalue weighted by Gasteiger charge is -2.14. The van der Waals surface area contributed by atoms with Gasteiger partial charge in [0.15, 0.2) is 0 Å². The normalized spacial score (nSPS) is 16.2. The van der Waals surface area contributed by atoms with E-state index in [1.807, 2.05) is 13.8 Å². The van der Waals surface area contributed by atoms with Gasteiger partial charge in [0.05, 0.1) is 6.10 Å². The van der Waals surface area contributed by atoms with Crippen molar-refractivity contribution < 1.29 is 14.3 Å². The van der Waals surface area contributed by atoms with E-state index >= 15 is 0 Å². The van der Waals surface area contributed by atoms with Gasteiger partial charge in [-0.05, 0) is 33.6 Å². The number of hydrogen-bond donors (Lipinski definition) is 0. The summed E-state index contributed by atoms with van der Waals surface area (Å²) in [7, 11) is 0. The number of hydrogen-bond acceptors (Lipinski definition) is 3. The van der Waals surface area contributed by atoms with Crippen LogP contribution in [0.25, 0.3) is 0 Å². The highest BCUT2D eigenvalue weighted by molar-refractivity contribution is 6.15. The summed E-state index contributed by atoms with van der Waals surface area (Å²) in [6.45, 7) is 6.82. The minimum absolute atomic E-state index is 0.158. The van der Waals surface area contributed by atoms with Gasteiger partial charge in [0, 0.05) is 24.8 Å². The maximum absolute atomic E-state index is 11.5. The van der Waals surface area contributed by atoms with Gasteiger partial charge >= 0.3 is 0 Å². The minimum Gasteiger partial charge on any atom is -0.379 e. The second-order valence-corrected chi connectivity index (χ2v) is 4.25. The average Bonchev–Trinajstić information content (AvgIpc) is 2.43. The van der Waals surface area contributed by atoms with E-state index in [1.54, 1.807) is 6.92 Å². The first-order valence-corrected chi connectivity index (χ1v) is 5.68. The zero-order valence-corrected chi connectivity index (χ0v) is 10.2. The predicted octanol–water partition coefficient (Wildman–Crippen LogP) is 1.51. The summed E-state index contributed by atoms with van der Waals surface area (Å²) in [4.78, 5) is 24.2. The Kier molecular flexibility index (Phi) is 4.68. The van der Waals surface area contributed by atoms with Crippen molar-refractivity contribution in [1.29, 1.82) is 0 Å². The molecule has 2 amide bonds. The highest BCUT2D eigenvalue weighted by atomic mass is 16.5. The zero-order valence-electron chi connectivity index (χ0n) is 10.2. The third-order valence-corrected chi connectivity index (χ3v) is 2.42. The van der Waals surface area contributed by atoms with Gasteiger partial charge in [-0.1, -0.05) is 0 Å². The van der Waals surface area contributed by atoms with Crippen LogP contribution in [0.2, 0.25) is 0 Å². The van der Waals surface area contributed by atoms with Crippen LogP contribution >= 0.6 is 0 Å². The average molecular weight is 225 g/mol. The van der Waals surface area contributed by atoms with Gasteiger partial charge in [0.2, 0.25) is 0 Å². The Balaban J connectivity index is 2.20. The first kappa shape index (κ1) is 12.9. The molecule has 4 nitrogen and oxygen atoms in total. The summed E-state index contributed by atoms with van der Waals surface area (Å²) >= 11 is 0. The molecule has 0 fully saturated rings. The molecule has 0 saturated heterocycles. The van der Waals surface area contributed by atoms with E-state index in [4.69, 9.17) is 4.74 Å². The topological polar surface area (TPSA) is 46.6 Å². The Morgan fingerprint density at radius 1 is 1.31 bits per heavy atom. The molecule has 0 aliphatic carbocycles. The van der Waals surface area contributed by atoms with Gasteiger partial charge in [-0.15, -0.1) is 0 Å². The number of carbonyl (C=O) groups excluding carboxylic acids is 2. The van der Waals surface area contributed by atoms with Gasteiger partial charge < -0.3 is 4.74 Å². The molecule has 1 aliphatic rings. The summed E-state index contributed by atoms with van der Waals surface area (Å²) in [6, 6.07) is 0. The van der Waals surface area contributed by atoms with Crippen molar-refractivity contribution in [2.24, 2.45) is 0 Å². The molecule has 4 heteroatoms. The summed E-state index contributed by atoms with van der Waals surface area (Å²) < 4.78 is 5.38. The van der Waals surface area contributed by atoms with E-state index in [2.05, 4.69) is 0 Å². The van der Waals surface area contributed by atoms with E-state index < -0.39 is 0 Å². The summed E-state index contributed by atoms with van der Waals surface area (Å²) in [5.41, 5.74) is 0.531. The molecule has 0 bridgehead atoms. The van der Waals surface area contributed by atoms with Gasteiger partial charge in [-0.25, -0.2) is 0 Å². The Morgan fingerprint density at radius 3 is 2.50 bits per heavy atom. The Bertz CT molecular complexity index is 307. The Hall–Kier alpha value is -1.16. The number of carbonyl (C=O) groups is 2. The van der Waals surface area contributed by atoms with Crippen LogP contribution in [-0.2, 0) is 14.3 Å². The molecule has 0 saturated carbocycles. The molecule has 1 aliphatic heterocycles. The summed E-state index contributed by atoms with van der Waals surface area (Å²) in [5, 5.41) is 0. The number of amides is 2. The molecule has 0 N–H and O–H groups in total. The number of ether oxygens (including phenoxy) is 1. The molecular weight excluding hydrogens is 206 g/mol. The van der Waals surface area contributed by atoms with Gasteiger partial charge in [-0.3, -0.25) is 14.5 Å². The molecule has 1 heterocycles. The van der Waals surface area contributed by atoms with Crippen LogP contribution in [0.15, 0.2) is 11.6 Å². The molecule has 0 radical (unpaired) electrons. The Labute approximate surface area is 96.3 Å². The fourth-order valence-corrected chi connectivity index (χ4v) is 1.54. The van der Waals surface area contributed by atoms with Crippen molar-refractivity contribution in [3.63, 3.8) is 0 Å². The second kappa shape index (κ2) is 5.80. The second-order valence-electron chi connectivity index (χ2n) is 4.25. The van der Waals surface area contributed by atoms with E-state index in [1.165, 1.54) is 11.0 Å². The van der Waals surface area contributed by atoms with Crippen LogP contribution < -0.4 is 0 Å².